The van der Waals surface area contributed by atoms with Crippen molar-refractivity contribution in [2.24, 2.45) is 0 Å². The average molecular weight is 376 g/mol. The van der Waals surface area contributed by atoms with Crippen LogP contribution in [0.4, 0.5) is 5.69 Å². The van der Waals surface area contributed by atoms with Gasteiger partial charge in [0.2, 0.25) is 0 Å². The number of benzene rings is 3. The highest BCUT2D eigenvalue weighted by atomic mass is 79.9. The van der Waals surface area contributed by atoms with Crippen LogP contribution in [0, 0.1) is 0 Å². The molecule has 1 nitrogen and oxygen atoms in total. The molecule has 118 valence electrons. The monoisotopic (exact) mass is 375 g/mol. The van der Waals surface area contributed by atoms with Crippen molar-refractivity contribution in [1.29, 1.82) is 0 Å². The van der Waals surface area contributed by atoms with Crippen LogP contribution in [0.5, 0.6) is 0 Å². The summed E-state index contributed by atoms with van der Waals surface area (Å²) in [6, 6.07) is 30.0. The number of anilines is 1. The summed E-state index contributed by atoms with van der Waals surface area (Å²) >= 11 is 3.85. The molecule has 3 aromatic carbocycles. The summed E-state index contributed by atoms with van der Waals surface area (Å²) in [7, 11) is 0. The molecule has 0 aromatic heterocycles. The van der Waals surface area contributed by atoms with Gasteiger partial charge in [0.15, 0.2) is 0 Å². The molecule has 0 saturated carbocycles. The number of para-hydroxylation sites is 1. The third kappa shape index (κ3) is 2.90. The number of hydrogen-bond donors (Lipinski definition) is 0. The summed E-state index contributed by atoms with van der Waals surface area (Å²) in [5.74, 6) is 0. The highest BCUT2D eigenvalue weighted by Gasteiger charge is 2.23. The summed E-state index contributed by atoms with van der Waals surface area (Å²) in [5.41, 5.74) is 6.48. The van der Waals surface area contributed by atoms with Gasteiger partial charge in [-0.05, 0) is 17.2 Å². The number of halogens is 1. The van der Waals surface area contributed by atoms with Gasteiger partial charge in [-0.2, -0.15) is 0 Å². The van der Waals surface area contributed by atoms with E-state index in [1.54, 1.807) is 0 Å². The predicted molar refractivity (Wildman–Crippen MR) is 105 cm³/mol. The van der Waals surface area contributed by atoms with E-state index in [2.05, 4.69) is 106 Å². The fourth-order valence-electron chi connectivity index (χ4n) is 3.30. The number of nitrogens with zero attached hydrogens (tertiary/aromatic N) is 1. The summed E-state index contributed by atoms with van der Waals surface area (Å²) < 4.78 is 1.24. The Balaban J connectivity index is 1.77. The molecular weight excluding hydrogens is 358 g/mol. The van der Waals surface area contributed by atoms with Crippen LogP contribution in [0.3, 0.4) is 0 Å². The lowest BCUT2D eigenvalue weighted by Crippen LogP contribution is -2.28. The van der Waals surface area contributed by atoms with Crippen LogP contribution in [0.25, 0.3) is 5.57 Å². The molecule has 0 amide bonds. The lowest BCUT2D eigenvalue weighted by molar-refractivity contribution is 0.854. The van der Waals surface area contributed by atoms with Crippen molar-refractivity contribution in [3.05, 3.63) is 106 Å². The summed E-state index contributed by atoms with van der Waals surface area (Å²) in [4.78, 5) is 2.43. The van der Waals surface area contributed by atoms with Gasteiger partial charge in [-0.15, -0.1) is 0 Å². The fourth-order valence-corrected chi connectivity index (χ4v) is 4.05. The molecule has 0 radical (unpaired) electrons. The van der Waals surface area contributed by atoms with Crippen LogP contribution in [-0.2, 0) is 6.54 Å². The fraction of sp³-hybridized carbons (Fsp3) is 0.0909. The molecule has 0 spiro atoms. The highest BCUT2D eigenvalue weighted by molar-refractivity contribution is 9.11. The first-order chi connectivity index (χ1) is 11.8. The quantitative estimate of drug-likeness (QED) is 0.553. The van der Waals surface area contributed by atoms with Crippen LogP contribution >= 0.6 is 15.9 Å². The second-order valence-electron chi connectivity index (χ2n) is 6.00. The molecule has 3 aromatic rings. The second kappa shape index (κ2) is 6.66. The van der Waals surface area contributed by atoms with Crippen LogP contribution in [0.1, 0.15) is 16.7 Å². The Bertz CT molecular complexity index is 869. The normalized spacial score (nSPS) is 13.8. The first-order valence-electron chi connectivity index (χ1n) is 8.15. The Kier molecular flexibility index (Phi) is 4.22. The minimum atomic E-state index is 0.885. The van der Waals surface area contributed by atoms with Crippen molar-refractivity contribution in [1.82, 2.24) is 0 Å². The minimum absolute atomic E-state index is 0.885. The standard InChI is InChI=1S/C22H18BrN/c23-20-16-24(15-17-9-3-1-4-10-17)21-14-8-7-13-19(21)22(20)18-11-5-2-6-12-18/h1-14H,15-16H2. The van der Waals surface area contributed by atoms with E-state index >= 15 is 0 Å². The van der Waals surface area contributed by atoms with Gasteiger partial charge in [-0.25, -0.2) is 0 Å². The van der Waals surface area contributed by atoms with Crippen molar-refractivity contribution in [3.63, 3.8) is 0 Å². The van der Waals surface area contributed by atoms with Gasteiger partial charge >= 0.3 is 0 Å². The molecule has 1 heterocycles. The van der Waals surface area contributed by atoms with E-state index in [9.17, 15) is 0 Å². The van der Waals surface area contributed by atoms with E-state index in [1.807, 2.05) is 0 Å². The lowest BCUT2D eigenvalue weighted by atomic mass is 9.93. The van der Waals surface area contributed by atoms with Crippen LogP contribution in [0.15, 0.2) is 89.4 Å². The Morgan fingerprint density at radius 2 is 1.38 bits per heavy atom. The largest absolute Gasteiger partial charge is 0.362 e. The highest BCUT2D eigenvalue weighted by Crippen LogP contribution is 2.40. The van der Waals surface area contributed by atoms with E-state index in [1.165, 1.54) is 32.4 Å². The molecule has 0 atom stereocenters. The Hall–Kier alpha value is -2.32. The van der Waals surface area contributed by atoms with Crippen LogP contribution in [0.2, 0.25) is 0 Å². The molecule has 1 aliphatic rings. The van der Waals surface area contributed by atoms with Gasteiger partial charge in [0.25, 0.3) is 0 Å². The van der Waals surface area contributed by atoms with Crippen molar-refractivity contribution in [2.45, 2.75) is 6.54 Å². The third-order valence-electron chi connectivity index (χ3n) is 4.39. The number of rotatable bonds is 3. The van der Waals surface area contributed by atoms with Gasteiger partial charge in [0.1, 0.15) is 0 Å². The maximum Gasteiger partial charge on any atom is 0.0505 e. The smallest absolute Gasteiger partial charge is 0.0505 e. The van der Waals surface area contributed by atoms with Gasteiger partial charge in [0.05, 0.1) is 6.54 Å². The average Bonchev–Trinajstić information content (AvgIpc) is 2.63. The maximum absolute atomic E-state index is 3.85. The van der Waals surface area contributed by atoms with Crippen molar-refractivity contribution >= 4 is 27.2 Å². The minimum Gasteiger partial charge on any atom is -0.362 e. The first kappa shape index (κ1) is 15.2. The first-order valence-corrected chi connectivity index (χ1v) is 8.94. The maximum atomic E-state index is 3.85. The number of fused-ring (bicyclic) bond motifs is 1. The molecule has 0 fully saturated rings. The summed E-state index contributed by atoms with van der Waals surface area (Å²) in [6.07, 6.45) is 0. The Labute approximate surface area is 151 Å². The van der Waals surface area contributed by atoms with Gasteiger partial charge in [-0.1, -0.05) is 94.8 Å². The zero-order valence-electron chi connectivity index (χ0n) is 13.3. The van der Waals surface area contributed by atoms with Gasteiger partial charge in [0, 0.05) is 27.9 Å². The van der Waals surface area contributed by atoms with E-state index in [-0.39, 0.29) is 0 Å². The molecule has 0 unspecified atom stereocenters. The third-order valence-corrected chi connectivity index (χ3v) is 5.04. The molecule has 1 aliphatic heterocycles. The zero-order valence-corrected chi connectivity index (χ0v) is 14.9. The molecule has 4 rings (SSSR count). The van der Waals surface area contributed by atoms with E-state index in [4.69, 9.17) is 0 Å². The Morgan fingerprint density at radius 1 is 0.750 bits per heavy atom. The van der Waals surface area contributed by atoms with Crippen molar-refractivity contribution in [2.75, 3.05) is 11.4 Å². The van der Waals surface area contributed by atoms with Gasteiger partial charge in [-0.3, -0.25) is 0 Å². The van der Waals surface area contributed by atoms with Gasteiger partial charge < -0.3 is 4.90 Å². The summed E-state index contributed by atoms with van der Waals surface area (Å²) in [5, 5.41) is 0. The lowest BCUT2D eigenvalue weighted by Gasteiger charge is -2.33. The molecule has 24 heavy (non-hydrogen) atoms. The topological polar surface area (TPSA) is 3.24 Å². The van der Waals surface area contributed by atoms with E-state index < -0.39 is 0 Å². The summed E-state index contributed by atoms with van der Waals surface area (Å²) in [6.45, 7) is 1.80. The molecule has 0 N–H and O–H groups in total. The number of hydrogen-bond acceptors (Lipinski definition) is 1. The molecule has 0 saturated heterocycles. The SMILES string of the molecule is BrC1=C(c2ccccc2)c2ccccc2N(Cc2ccccc2)C1. The van der Waals surface area contributed by atoms with E-state index in [0.717, 1.165) is 13.1 Å². The van der Waals surface area contributed by atoms with Crippen LogP contribution in [-0.4, -0.2) is 6.54 Å². The predicted octanol–water partition coefficient (Wildman–Crippen LogP) is 5.86. The molecule has 2 heteroatoms. The molecule has 0 aliphatic carbocycles. The zero-order chi connectivity index (χ0) is 16.4. The van der Waals surface area contributed by atoms with Crippen molar-refractivity contribution < 1.29 is 0 Å². The molecular formula is C22H18BrN. The van der Waals surface area contributed by atoms with Crippen molar-refractivity contribution in [3.8, 4) is 0 Å². The Morgan fingerprint density at radius 3 is 2.12 bits per heavy atom. The van der Waals surface area contributed by atoms with E-state index in [0.29, 0.717) is 0 Å². The van der Waals surface area contributed by atoms with Crippen LogP contribution < -0.4 is 4.90 Å². The second-order valence-corrected chi connectivity index (χ2v) is 6.96. The molecule has 0 bridgehead atoms.